The van der Waals surface area contributed by atoms with Gasteiger partial charge in [-0.25, -0.2) is 0 Å². The zero-order valence-electron chi connectivity index (χ0n) is 12.1. The van der Waals surface area contributed by atoms with E-state index in [1.807, 2.05) is 0 Å². The highest BCUT2D eigenvalue weighted by Gasteiger charge is 2.29. The lowest BCUT2D eigenvalue weighted by Gasteiger charge is -2.34. The summed E-state index contributed by atoms with van der Waals surface area (Å²) in [5.41, 5.74) is 0. The van der Waals surface area contributed by atoms with Crippen molar-refractivity contribution >= 4 is 22.2 Å². The summed E-state index contributed by atoms with van der Waals surface area (Å²) >= 11 is 0. The summed E-state index contributed by atoms with van der Waals surface area (Å²) in [6.07, 6.45) is 4.58. The molecule has 116 valence electrons. The summed E-state index contributed by atoms with van der Waals surface area (Å²) < 4.78 is 31.6. The average molecular weight is 313 g/mol. The molecule has 1 amide bonds. The molecule has 0 radical (unpaired) electrons. The van der Waals surface area contributed by atoms with E-state index in [-0.39, 0.29) is 5.91 Å². The fourth-order valence-corrected chi connectivity index (χ4v) is 3.10. The molecule has 1 fully saturated rings. The molecule has 7 nitrogen and oxygen atoms in total. The van der Waals surface area contributed by atoms with Crippen LogP contribution >= 0.6 is 0 Å². The van der Waals surface area contributed by atoms with Gasteiger partial charge in [0, 0.05) is 46.4 Å². The average Bonchev–Trinajstić information content (AvgIpc) is 2.98. The Hall–Kier alpha value is -1.64. The monoisotopic (exact) mass is 313 g/mol. The lowest BCUT2D eigenvalue weighted by atomic mass is 10.3. The molecule has 1 aliphatic heterocycles. The van der Waals surface area contributed by atoms with Gasteiger partial charge in [-0.3, -0.25) is 4.79 Å². The third-order valence-electron chi connectivity index (χ3n) is 3.27. The third-order valence-corrected chi connectivity index (χ3v) is 5.21. The Morgan fingerprint density at radius 1 is 1.29 bits per heavy atom. The van der Waals surface area contributed by atoms with Gasteiger partial charge in [0.2, 0.25) is 5.91 Å². The number of hydrogen-bond acceptors (Lipinski definition) is 4. The van der Waals surface area contributed by atoms with Crippen molar-refractivity contribution in [2.24, 2.45) is 0 Å². The normalized spacial score (nSPS) is 17.8. The van der Waals surface area contributed by atoms with Crippen molar-refractivity contribution in [3.63, 3.8) is 0 Å². The highest BCUT2D eigenvalue weighted by molar-refractivity contribution is 7.86. The van der Waals surface area contributed by atoms with Crippen LogP contribution in [0.5, 0.6) is 0 Å². The van der Waals surface area contributed by atoms with Gasteiger partial charge in [-0.05, 0) is 18.2 Å². The van der Waals surface area contributed by atoms with Crippen LogP contribution in [0, 0.1) is 0 Å². The van der Waals surface area contributed by atoms with Gasteiger partial charge >= 0.3 is 0 Å². The molecule has 8 heteroatoms. The van der Waals surface area contributed by atoms with Crippen LogP contribution in [0.1, 0.15) is 5.76 Å². The van der Waals surface area contributed by atoms with E-state index in [9.17, 15) is 13.2 Å². The summed E-state index contributed by atoms with van der Waals surface area (Å²) in [4.78, 5) is 13.6. The zero-order valence-corrected chi connectivity index (χ0v) is 12.9. The predicted molar refractivity (Wildman–Crippen MR) is 78.5 cm³/mol. The van der Waals surface area contributed by atoms with Crippen LogP contribution < -0.4 is 0 Å². The van der Waals surface area contributed by atoms with Crippen molar-refractivity contribution in [1.82, 2.24) is 13.5 Å². The molecule has 0 atom stereocenters. The molecule has 0 unspecified atom stereocenters. The molecule has 0 aromatic carbocycles. The van der Waals surface area contributed by atoms with Crippen LogP contribution in [0.3, 0.4) is 0 Å². The predicted octanol–water partition coefficient (Wildman–Crippen LogP) is 0.243. The minimum Gasteiger partial charge on any atom is -0.465 e. The van der Waals surface area contributed by atoms with Gasteiger partial charge in [0.05, 0.1) is 6.26 Å². The Balaban J connectivity index is 1.91. The van der Waals surface area contributed by atoms with Crippen molar-refractivity contribution in [1.29, 1.82) is 0 Å². The number of hydrogen-bond donors (Lipinski definition) is 0. The van der Waals surface area contributed by atoms with Gasteiger partial charge in [-0.1, -0.05) is 0 Å². The first-order valence-electron chi connectivity index (χ1n) is 6.59. The van der Waals surface area contributed by atoms with Gasteiger partial charge < -0.3 is 9.32 Å². The molecule has 1 aliphatic rings. The van der Waals surface area contributed by atoms with Crippen molar-refractivity contribution in [2.75, 3.05) is 40.3 Å². The molecular weight excluding hydrogens is 294 g/mol. The van der Waals surface area contributed by atoms with Crippen molar-refractivity contribution in [3.05, 3.63) is 30.2 Å². The van der Waals surface area contributed by atoms with Crippen LogP contribution in [0.15, 0.2) is 28.9 Å². The Morgan fingerprint density at radius 3 is 2.48 bits per heavy atom. The van der Waals surface area contributed by atoms with E-state index in [1.54, 1.807) is 23.1 Å². The van der Waals surface area contributed by atoms with E-state index in [0.29, 0.717) is 31.9 Å². The molecule has 21 heavy (non-hydrogen) atoms. The minimum atomic E-state index is -3.40. The number of furan rings is 1. The topological polar surface area (TPSA) is 74.1 Å². The summed E-state index contributed by atoms with van der Waals surface area (Å²) in [5, 5.41) is 0. The molecule has 1 aromatic rings. The van der Waals surface area contributed by atoms with Crippen molar-refractivity contribution in [3.8, 4) is 0 Å². The van der Waals surface area contributed by atoms with Crippen LogP contribution in [0.4, 0.5) is 0 Å². The Morgan fingerprint density at radius 2 is 1.95 bits per heavy atom. The Kier molecular flexibility index (Phi) is 4.81. The molecule has 2 heterocycles. The third kappa shape index (κ3) is 3.72. The Bertz CT molecular complexity index is 599. The van der Waals surface area contributed by atoms with E-state index in [4.69, 9.17) is 4.42 Å². The van der Waals surface area contributed by atoms with Crippen LogP contribution in [-0.2, 0) is 15.0 Å². The van der Waals surface area contributed by atoms with Gasteiger partial charge in [0.15, 0.2) is 0 Å². The maximum atomic E-state index is 12.0. The first kappa shape index (κ1) is 15.7. The van der Waals surface area contributed by atoms with Gasteiger partial charge in [0.1, 0.15) is 5.76 Å². The van der Waals surface area contributed by atoms with E-state index < -0.39 is 10.2 Å². The minimum absolute atomic E-state index is 0.145. The lowest BCUT2D eigenvalue weighted by molar-refractivity contribution is -0.127. The second-order valence-corrected chi connectivity index (χ2v) is 7.01. The quantitative estimate of drug-likeness (QED) is 0.747. The van der Waals surface area contributed by atoms with E-state index >= 15 is 0 Å². The molecule has 2 rings (SSSR count). The molecule has 0 N–H and O–H groups in total. The summed E-state index contributed by atoms with van der Waals surface area (Å²) in [6, 6.07) is 3.50. The number of carbonyl (C=O) groups excluding carboxylic acids is 1. The molecule has 1 aromatic heterocycles. The van der Waals surface area contributed by atoms with E-state index in [2.05, 4.69) is 0 Å². The molecule has 1 saturated heterocycles. The number of rotatable bonds is 4. The van der Waals surface area contributed by atoms with Crippen molar-refractivity contribution < 1.29 is 17.6 Å². The first-order valence-corrected chi connectivity index (χ1v) is 7.99. The van der Waals surface area contributed by atoms with Gasteiger partial charge in [0.25, 0.3) is 10.2 Å². The van der Waals surface area contributed by atoms with E-state index in [0.717, 1.165) is 0 Å². The summed E-state index contributed by atoms with van der Waals surface area (Å²) in [6.45, 7) is 1.38. The fraction of sp³-hybridized carbons (Fsp3) is 0.462. The SMILES string of the molecule is CN(C)S(=O)(=O)N1CCN(C(=O)/C=C/c2ccco2)CC1. The second kappa shape index (κ2) is 6.42. The summed E-state index contributed by atoms with van der Waals surface area (Å²) in [5.74, 6) is 0.463. The smallest absolute Gasteiger partial charge is 0.281 e. The van der Waals surface area contributed by atoms with Gasteiger partial charge in [-0.15, -0.1) is 0 Å². The molecule has 0 aliphatic carbocycles. The van der Waals surface area contributed by atoms with E-state index in [1.165, 1.54) is 35.0 Å². The molecule has 0 saturated carbocycles. The molecule has 0 spiro atoms. The fourth-order valence-electron chi connectivity index (χ4n) is 2.02. The molecule has 0 bridgehead atoms. The van der Waals surface area contributed by atoms with Crippen LogP contribution in [0.2, 0.25) is 0 Å². The second-order valence-electron chi connectivity index (χ2n) is 4.86. The van der Waals surface area contributed by atoms with Crippen molar-refractivity contribution in [2.45, 2.75) is 0 Å². The first-order chi connectivity index (χ1) is 9.91. The standard InChI is InChI=1S/C13H19N3O4S/c1-14(2)21(18,19)16-9-7-15(8-10-16)13(17)6-5-12-4-3-11-20-12/h3-6,11H,7-10H2,1-2H3/b6-5+. The highest BCUT2D eigenvalue weighted by Crippen LogP contribution is 2.10. The summed E-state index contributed by atoms with van der Waals surface area (Å²) in [7, 11) is -0.403. The highest BCUT2D eigenvalue weighted by atomic mass is 32.2. The number of piperazine rings is 1. The lowest BCUT2D eigenvalue weighted by Crippen LogP contribution is -2.52. The number of nitrogens with zero attached hydrogens (tertiary/aromatic N) is 3. The van der Waals surface area contributed by atoms with Crippen LogP contribution in [-0.4, -0.2) is 68.1 Å². The van der Waals surface area contributed by atoms with Gasteiger partial charge in [-0.2, -0.15) is 17.0 Å². The maximum absolute atomic E-state index is 12.0. The number of amides is 1. The number of carbonyl (C=O) groups is 1. The largest absolute Gasteiger partial charge is 0.465 e. The van der Waals surface area contributed by atoms with Crippen LogP contribution in [0.25, 0.3) is 6.08 Å². The molecular formula is C13H19N3O4S. The maximum Gasteiger partial charge on any atom is 0.281 e. The Labute approximate surface area is 124 Å². The zero-order chi connectivity index (χ0) is 15.5.